The molecule has 3 nitrogen and oxygen atoms in total. The molecule has 2 N–H and O–H groups in total. The first-order valence-corrected chi connectivity index (χ1v) is 9.77. The second-order valence-corrected chi connectivity index (χ2v) is 7.56. The van der Waals surface area contributed by atoms with Crippen LogP contribution in [0.4, 0.5) is 0 Å². The Morgan fingerprint density at radius 1 is 1.08 bits per heavy atom. The second kappa shape index (κ2) is 9.01. The van der Waals surface area contributed by atoms with Crippen LogP contribution in [0.15, 0.2) is 42.5 Å². The van der Waals surface area contributed by atoms with Crippen LogP contribution in [-0.4, -0.2) is 29.0 Å². The van der Waals surface area contributed by atoms with Crippen LogP contribution in [0.5, 0.6) is 0 Å². The van der Waals surface area contributed by atoms with Crippen LogP contribution in [0, 0.1) is 0 Å². The van der Waals surface area contributed by atoms with Gasteiger partial charge in [-0.1, -0.05) is 61.3 Å². The van der Waals surface area contributed by atoms with Gasteiger partial charge in [0.05, 0.1) is 24.9 Å². The molecule has 140 valence electrons. The first-order chi connectivity index (χ1) is 12.6. The van der Waals surface area contributed by atoms with E-state index in [2.05, 4.69) is 37.3 Å². The summed E-state index contributed by atoms with van der Waals surface area (Å²) in [5.74, 6) is 0. The molecule has 0 amide bonds. The molecule has 1 aliphatic rings. The highest BCUT2D eigenvalue weighted by Crippen LogP contribution is 2.33. The number of aryl methyl sites for hydroxylation is 1. The minimum atomic E-state index is -0.448. The summed E-state index contributed by atoms with van der Waals surface area (Å²) in [6, 6.07) is 14.6. The van der Waals surface area contributed by atoms with E-state index in [0.717, 1.165) is 35.4 Å². The highest BCUT2D eigenvalue weighted by atomic mass is 35.5. The van der Waals surface area contributed by atoms with Crippen molar-refractivity contribution in [1.29, 1.82) is 0 Å². The average molecular weight is 375 g/mol. The zero-order valence-electron chi connectivity index (χ0n) is 15.2. The summed E-state index contributed by atoms with van der Waals surface area (Å²) >= 11 is 6.42. The maximum absolute atomic E-state index is 10.1. The predicted molar refractivity (Wildman–Crippen MR) is 105 cm³/mol. The lowest BCUT2D eigenvalue weighted by Gasteiger charge is -2.32. The van der Waals surface area contributed by atoms with Gasteiger partial charge in [0, 0.05) is 17.9 Å². The van der Waals surface area contributed by atoms with E-state index in [1.807, 2.05) is 12.1 Å². The van der Waals surface area contributed by atoms with Crippen molar-refractivity contribution in [2.75, 3.05) is 6.61 Å². The van der Waals surface area contributed by atoms with E-state index in [1.54, 1.807) is 0 Å². The van der Waals surface area contributed by atoms with Crippen LogP contribution in [0.2, 0.25) is 5.02 Å². The van der Waals surface area contributed by atoms with Gasteiger partial charge in [-0.25, -0.2) is 0 Å². The van der Waals surface area contributed by atoms with Crippen molar-refractivity contribution in [3.63, 3.8) is 0 Å². The average Bonchev–Trinajstić information content (AvgIpc) is 2.64. The van der Waals surface area contributed by atoms with E-state index >= 15 is 0 Å². The minimum Gasteiger partial charge on any atom is -0.394 e. The Kier molecular flexibility index (Phi) is 6.71. The molecule has 1 heterocycles. The van der Waals surface area contributed by atoms with Gasteiger partial charge in [0.25, 0.3) is 0 Å². The third kappa shape index (κ3) is 4.86. The number of aliphatic hydroxyl groups is 2. The fraction of sp³-hybridized carbons (Fsp3) is 0.455. The molecule has 1 saturated heterocycles. The number of benzene rings is 2. The summed E-state index contributed by atoms with van der Waals surface area (Å²) in [7, 11) is 0. The van der Waals surface area contributed by atoms with Gasteiger partial charge in [0.15, 0.2) is 0 Å². The van der Waals surface area contributed by atoms with Crippen LogP contribution in [0.1, 0.15) is 54.5 Å². The molecule has 0 spiro atoms. The van der Waals surface area contributed by atoms with Gasteiger partial charge in [-0.05, 0) is 41.2 Å². The molecule has 0 radical (unpaired) electrons. The zero-order valence-corrected chi connectivity index (χ0v) is 16.0. The number of rotatable bonds is 6. The fourth-order valence-electron chi connectivity index (χ4n) is 3.59. The topological polar surface area (TPSA) is 49.7 Å². The summed E-state index contributed by atoms with van der Waals surface area (Å²) in [5.41, 5.74) is 4.64. The molecule has 3 rings (SSSR count). The lowest BCUT2D eigenvalue weighted by molar-refractivity contribution is -0.113. The fourth-order valence-corrected chi connectivity index (χ4v) is 3.77. The number of hydrogen-bond acceptors (Lipinski definition) is 3. The monoisotopic (exact) mass is 374 g/mol. The van der Waals surface area contributed by atoms with Crippen molar-refractivity contribution in [3.05, 3.63) is 69.7 Å². The zero-order chi connectivity index (χ0) is 18.5. The van der Waals surface area contributed by atoms with Crippen molar-refractivity contribution >= 4 is 11.6 Å². The van der Waals surface area contributed by atoms with Crippen molar-refractivity contribution in [2.24, 2.45) is 0 Å². The van der Waals surface area contributed by atoms with E-state index in [4.69, 9.17) is 16.3 Å². The summed E-state index contributed by atoms with van der Waals surface area (Å²) in [6.45, 7) is 2.11. The number of aliphatic hydroxyl groups excluding tert-OH is 2. The molecule has 1 fully saturated rings. The highest BCUT2D eigenvalue weighted by Gasteiger charge is 2.29. The lowest BCUT2D eigenvalue weighted by atomic mass is 9.94. The summed E-state index contributed by atoms with van der Waals surface area (Å²) in [4.78, 5) is 0. The Hall–Kier alpha value is -1.39. The molecular formula is C22H27ClO3. The van der Waals surface area contributed by atoms with E-state index in [-0.39, 0.29) is 18.8 Å². The van der Waals surface area contributed by atoms with Crippen LogP contribution in [0.25, 0.3) is 0 Å². The van der Waals surface area contributed by atoms with Gasteiger partial charge in [0.1, 0.15) is 0 Å². The van der Waals surface area contributed by atoms with Crippen LogP contribution in [0.3, 0.4) is 0 Å². The number of ether oxygens (including phenoxy) is 1. The van der Waals surface area contributed by atoms with Crippen molar-refractivity contribution in [3.8, 4) is 0 Å². The molecule has 3 atom stereocenters. The second-order valence-electron chi connectivity index (χ2n) is 7.15. The Morgan fingerprint density at radius 3 is 2.50 bits per heavy atom. The van der Waals surface area contributed by atoms with Crippen LogP contribution < -0.4 is 0 Å². The third-order valence-electron chi connectivity index (χ3n) is 4.98. The van der Waals surface area contributed by atoms with Crippen molar-refractivity contribution < 1.29 is 14.9 Å². The molecular weight excluding hydrogens is 348 g/mol. The molecule has 26 heavy (non-hydrogen) atoms. The number of halogens is 1. The predicted octanol–water partition coefficient (Wildman–Crippen LogP) is 4.46. The van der Waals surface area contributed by atoms with E-state index in [0.29, 0.717) is 12.8 Å². The molecule has 0 aliphatic carbocycles. The van der Waals surface area contributed by atoms with Crippen molar-refractivity contribution in [2.45, 2.75) is 57.3 Å². The molecule has 1 aliphatic heterocycles. The van der Waals surface area contributed by atoms with Gasteiger partial charge in [-0.15, -0.1) is 0 Å². The third-order valence-corrected chi connectivity index (χ3v) is 5.35. The van der Waals surface area contributed by atoms with E-state index < -0.39 is 6.10 Å². The molecule has 3 unspecified atom stereocenters. The summed E-state index contributed by atoms with van der Waals surface area (Å²) in [6.07, 6.45) is 3.07. The van der Waals surface area contributed by atoms with Crippen LogP contribution >= 0.6 is 11.6 Å². The summed E-state index contributed by atoms with van der Waals surface area (Å²) < 4.78 is 5.93. The summed E-state index contributed by atoms with van der Waals surface area (Å²) in [5, 5.41) is 20.2. The first-order valence-electron chi connectivity index (χ1n) is 9.39. The highest BCUT2D eigenvalue weighted by molar-refractivity contribution is 6.31. The van der Waals surface area contributed by atoms with E-state index in [1.165, 1.54) is 11.1 Å². The largest absolute Gasteiger partial charge is 0.394 e. The lowest BCUT2D eigenvalue weighted by Crippen LogP contribution is -2.33. The number of hydrogen-bond donors (Lipinski definition) is 2. The maximum atomic E-state index is 10.1. The normalized spacial score (nSPS) is 23.2. The Labute approximate surface area is 160 Å². The van der Waals surface area contributed by atoms with Gasteiger partial charge >= 0.3 is 0 Å². The van der Waals surface area contributed by atoms with Crippen molar-refractivity contribution in [1.82, 2.24) is 0 Å². The molecule has 2 aromatic rings. The van der Waals surface area contributed by atoms with Crippen LogP contribution in [-0.2, 0) is 17.6 Å². The molecule has 0 saturated carbocycles. The van der Waals surface area contributed by atoms with Gasteiger partial charge < -0.3 is 14.9 Å². The van der Waals surface area contributed by atoms with Gasteiger partial charge in [-0.3, -0.25) is 0 Å². The van der Waals surface area contributed by atoms with Gasteiger partial charge in [0.2, 0.25) is 0 Å². The SMILES string of the molecule is CCCc1ccc(Cc2cc(C3CC(O)CC(CO)O3)ccc2Cl)cc1. The molecule has 4 heteroatoms. The molecule has 0 aromatic heterocycles. The molecule has 2 aromatic carbocycles. The Bertz CT molecular complexity index is 714. The smallest absolute Gasteiger partial charge is 0.0854 e. The molecule has 0 bridgehead atoms. The standard InChI is InChI=1S/C22H27ClO3/c1-2-3-15-4-6-16(7-5-15)10-18-11-17(8-9-21(18)23)22-13-19(25)12-20(14-24)26-22/h4-9,11,19-20,22,24-25H,2-3,10,12-14H2,1H3. The quantitative estimate of drug-likeness (QED) is 0.785. The minimum absolute atomic E-state index is 0.0713. The Morgan fingerprint density at radius 2 is 1.81 bits per heavy atom. The maximum Gasteiger partial charge on any atom is 0.0854 e. The van der Waals surface area contributed by atoms with E-state index in [9.17, 15) is 10.2 Å². The van der Waals surface area contributed by atoms with Gasteiger partial charge in [-0.2, -0.15) is 0 Å². The first kappa shape index (κ1) is 19.4. The Balaban J connectivity index is 1.77.